The Balaban J connectivity index is 2.58. The van der Waals surface area contributed by atoms with E-state index >= 15 is 0 Å². The molecule has 0 saturated heterocycles. The van der Waals surface area contributed by atoms with Crippen molar-refractivity contribution in [3.05, 3.63) is 41.5 Å². The van der Waals surface area contributed by atoms with Crippen molar-refractivity contribution in [2.24, 2.45) is 0 Å². The Kier molecular flexibility index (Phi) is 7.23. The maximum absolute atomic E-state index is 5.90. The number of hydrogen-bond donors (Lipinski definition) is 1. The first-order valence-electron chi connectivity index (χ1n) is 6.70. The zero-order valence-electron chi connectivity index (χ0n) is 12.3. The second-order valence-electron chi connectivity index (χ2n) is 4.79. The standard InChI is InChI=1S/C16H25NO2/c1-13(2)8-10-19-16-14(3)6-5-7-15(16)12-17-9-11-18-4/h5-7,17H,1,8-12H2,2-4H3. The maximum atomic E-state index is 5.90. The normalized spacial score (nSPS) is 10.5. The lowest BCUT2D eigenvalue weighted by Crippen LogP contribution is -2.19. The van der Waals surface area contributed by atoms with Gasteiger partial charge >= 0.3 is 0 Å². The van der Waals surface area contributed by atoms with Gasteiger partial charge in [0.2, 0.25) is 0 Å². The molecule has 0 aliphatic carbocycles. The summed E-state index contributed by atoms with van der Waals surface area (Å²) in [6, 6.07) is 6.24. The molecule has 0 radical (unpaired) electrons. The van der Waals surface area contributed by atoms with Crippen LogP contribution in [0.3, 0.4) is 0 Å². The zero-order chi connectivity index (χ0) is 14.1. The molecule has 3 heteroatoms. The predicted molar refractivity (Wildman–Crippen MR) is 79.7 cm³/mol. The van der Waals surface area contributed by atoms with E-state index in [0.29, 0.717) is 6.61 Å². The third kappa shape index (κ3) is 5.90. The minimum absolute atomic E-state index is 0.686. The first kappa shape index (κ1) is 15.7. The van der Waals surface area contributed by atoms with Crippen LogP contribution >= 0.6 is 0 Å². The van der Waals surface area contributed by atoms with Gasteiger partial charge in [0.1, 0.15) is 5.75 Å². The Morgan fingerprint density at radius 2 is 2.11 bits per heavy atom. The van der Waals surface area contributed by atoms with E-state index in [9.17, 15) is 0 Å². The second-order valence-corrected chi connectivity index (χ2v) is 4.79. The van der Waals surface area contributed by atoms with Crippen LogP contribution in [0.5, 0.6) is 5.75 Å². The SMILES string of the molecule is C=C(C)CCOc1c(C)cccc1CNCCOC. The van der Waals surface area contributed by atoms with Gasteiger partial charge in [-0.05, 0) is 19.4 Å². The van der Waals surface area contributed by atoms with Crippen molar-refractivity contribution in [3.8, 4) is 5.75 Å². The molecule has 0 aromatic heterocycles. The fourth-order valence-corrected chi connectivity index (χ4v) is 1.78. The number of ether oxygens (including phenoxy) is 2. The van der Waals surface area contributed by atoms with Gasteiger partial charge < -0.3 is 14.8 Å². The highest BCUT2D eigenvalue weighted by atomic mass is 16.5. The summed E-state index contributed by atoms with van der Waals surface area (Å²) in [7, 11) is 1.71. The van der Waals surface area contributed by atoms with E-state index in [-0.39, 0.29) is 0 Å². The molecule has 1 rings (SSSR count). The van der Waals surface area contributed by atoms with Crippen molar-refractivity contribution >= 4 is 0 Å². The fourth-order valence-electron chi connectivity index (χ4n) is 1.78. The molecule has 1 aromatic carbocycles. The van der Waals surface area contributed by atoms with Gasteiger partial charge in [-0.3, -0.25) is 0 Å². The topological polar surface area (TPSA) is 30.5 Å². The smallest absolute Gasteiger partial charge is 0.126 e. The largest absolute Gasteiger partial charge is 0.493 e. The minimum Gasteiger partial charge on any atom is -0.493 e. The van der Waals surface area contributed by atoms with Crippen molar-refractivity contribution in [3.63, 3.8) is 0 Å². The molecule has 3 nitrogen and oxygen atoms in total. The van der Waals surface area contributed by atoms with Crippen LogP contribution in [0.1, 0.15) is 24.5 Å². The molecular formula is C16H25NO2. The lowest BCUT2D eigenvalue weighted by atomic mass is 10.1. The Hall–Kier alpha value is -1.32. The van der Waals surface area contributed by atoms with Crippen LogP contribution in [-0.2, 0) is 11.3 Å². The number of para-hydroxylation sites is 1. The molecular weight excluding hydrogens is 238 g/mol. The number of rotatable bonds is 9. The first-order valence-corrected chi connectivity index (χ1v) is 6.70. The molecule has 0 saturated carbocycles. The van der Waals surface area contributed by atoms with Crippen molar-refractivity contribution in [1.82, 2.24) is 5.32 Å². The Labute approximate surface area is 116 Å². The summed E-state index contributed by atoms with van der Waals surface area (Å²) in [6.45, 7) is 11.0. The monoisotopic (exact) mass is 263 g/mol. The molecule has 1 aromatic rings. The molecule has 0 unspecified atom stereocenters. The molecule has 1 N–H and O–H groups in total. The van der Waals surface area contributed by atoms with Gasteiger partial charge in [-0.15, -0.1) is 6.58 Å². The van der Waals surface area contributed by atoms with Crippen molar-refractivity contribution in [1.29, 1.82) is 0 Å². The number of methoxy groups -OCH3 is 1. The van der Waals surface area contributed by atoms with Gasteiger partial charge in [0.15, 0.2) is 0 Å². The molecule has 0 heterocycles. The van der Waals surface area contributed by atoms with Crippen LogP contribution in [0.2, 0.25) is 0 Å². The van der Waals surface area contributed by atoms with E-state index in [1.165, 1.54) is 11.1 Å². The quantitative estimate of drug-likeness (QED) is 0.548. The molecule has 0 aliphatic heterocycles. The van der Waals surface area contributed by atoms with E-state index in [0.717, 1.165) is 37.4 Å². The van der Waals surface area contributed by atoms with Crippen LogP contribution < -0.4 is 10.1 Å². The lowest BCUT2D eigenvalue weighted by Gasteiger charge is -2.14. The molecule has 0 bridgehead atoms. The fraction of sp³-hybridized carbons (Fsp3) is 0.500. The molecule has 0 aliphatic rings. The third-order valence-electron chi connectivity index (χ3n) is 2.87. The van der Waals surface area contributed by atoms with Crippen LogP contribution in [0.25, 0.3) is 0 Å². The number of hydrogen-bond acceptors (Lipinski definition) is 3. The number of benzene rings is 1. The Bertz CT molecular complexity index is 402. The molecule has 19 heavy (non-hydrogen) atoms. The average molecular weight is 263 g/mol. The van der Waals surface area contributed by atoms with Gasteiger partial charge in [0, 0.05) is 32.2 Å². The van der Waals surface area contributed by atoms with Crippen LogP contribution in [0, 0.1) is 6.92 Å². The van der Waals surface area contributed by atoms with Gasteiger partial charge in [0.05, 0.1) is 13.2 Å². The van der Waals surface area contributed by atoms with Crippen molar-refractivity contribution in [2.75, 3.05) is 26.9 Å². The van der Waals surface area contributed by atoms with Crippen molar-refractivity contribution < 1.29 is 9.47 Å². The molecule has 0 fully saturated rings. The highest BCUT2D eigenvalue weighted by Crippen LogP contribution is 2.23. The van der Waals surface area contributed by atoms with Gasteiger partial charge in [0.25, 0.3) is 0 Å². The second kappa shape index (κ2) is 8.73. The van der Waals surface area contributed by atoms with Crippen LogP contribution in [0.15, 0.2) is 30.4 Å². The van der Waals surface area contributed by atoms with Crippen LogP contribution in [0.4, 0.5) is 0 Å². The van der Waals surface area contributed by atoms with Gasteiger partial charge in [-0.2, -0.15) is 0 Å². The van der Waals surface area contributed by atoms with E-state index in [1.807, 2.05) is 6.92 Å². The van der Waals surface area contributed by atoms with E-state index in [4.69, 9.17) is 9.47 Å². The Morgan fingerprint density at radius 3 is 2.79 bits per heavy atom. The summed E-state index contributed by atoms with van der Waals surface area (Å²) >= 11 is 0. The maximum Gasteiger partial charge on any atom is 0.126 e. The van der Waals surface area contributed by atoms with Crippen LogP contribution in [-0.4, -0.2) is 26.9 Å². The minimum atomic E-state index is 0.686. The number of nitrogens with one attached hydrogen (secondary N) is 1. The van der Waals surface area contributed by atoms with Gasteiger partial charge in [-0.1, -0.05) is 23.8 Å². The third-order valence-corrected chi connectivity index (χ3v) is 2.87. The number of aryl methyl sites for hydroxylation is 1. The lowest BCUT2D eigenvalue weighted by molar-refractivity contribution is 0.199. The predicted octanol–water partition coefficient (Wildman–Crippen LogP) is 3.08. The zero-order valence-corrected chi connectivity index (χ0v) is 12.3. The summed E-state index contributed by atoms with van der Waals surface area (Å²) in [5, 5.41) is 3.35. The first-order chi connectivity index (χ1) is 9.15. The summed E-state index contributed by atoms with van der Waals surface area (Å²) in [5.41, 5.74) is 3.51. The highest BCUT2D eigenvalue weighted by Gasteiger charge is 2.06. The van der Waals surface area contributed by atoms with E-state index in [1.54, 1.807) is 7.11 Å². The average Bonchev–Trinajstić information content (AvgIpc) is 2.37. The molecule has 0 spiro atoms. The summed E-state index contributed by atoms with van der Waals surface area (Å²) < 4.78 is 10.9. The molecule has 0 amide bonds. The summed E-state index contributed by atoms with van der Waals surface area (Å²) in [5.74, 6) is 0.994. The van der Waals surface area contributed by atoms with E-state index in [2.05, 4.69) is 37.0 Å². The Morgan fingerprint density at radius 1 is 1.32 bits per heavy atom. The van der Waals surface area contributed by atoms with Gasteiger partial charge in [-0.25, -0.2) is 0 Å². The molecule has 106 valence electrons. The van der Waals surface area contributed by atoms with E-state index < -0.39 is 0 Å². The van der Waals surface area contributed by atoms with Crippen molar-refractivity contribution in [2.45, 2.75) is 26.8 Å². The highest BCUT2D eigenvalue weighted by molar-refractivity contribution is 5.40. The summed E-state index contributed by atoms with van der Waals surface area (Å²) in [4.78, 5) is 0. The summed E-state index contributed by atoms with van der Waals surface area (Å²) in [6.07, 6.45) is 0.894. The molecule has 0 atom stereocenters.